The second kappa shape index (κ2) is 7.69. The van der Waals surface area contributed by atoms with E-state index >= 15 is 0 Å². The first-order valence-corrected chi connectivity index (χ1v) is 13.5. The fourth-order valence-electron chi connectivity index (χ4n) is 5.22. The Kier molecular flexibility index (Phi) is 4.30. The molecule has 0 radical (unpaired) electrons. The predicted octanol–water partition coefficient (Wildman–Crippen LogP) is 9.70. The maximum atomic E-state index is 4.55. The Balaban J connectivity index is 1.34. The summed E-state index contributed by atoms with van der Waals surface area (Å²) in [5, 5.41) is 10.3. The van der Waals surface area contributed by atoms with Gasteiger partial charge in [-0.1, -0.05) is 36.4 Å². The topological polar surface area (TPSA) is 25.8 Å². The van der Waals surface area contributed by atoms with Gasteiger partial charge in [-0.2, -0.15) is 0 Å². The van der Waals surface area contributed by atoms with Crippen LogP contribution in [0.15, 0.2) is 109 Å². The molecule has 0 aliphatic carbocycles. The Hall–Kier alpha value is -4.12. The van der Waals surface area contributed by atoms with Gasteiger partial charge in [0.25, 0.3) is 0 Å². The van der Waals surface area contributed by atoms with Crippen molar-refractivity contribution in [3.63, 3.8) is 0 Å². The first-order valence-electron chi connectivity index (χ1n) is 11.9. The average molecular weight is 495 g/mol. The molecule has 0 bridgehead atoms. The fourth-order valence-corrected chi connectivity index (χ4v) is 7.34. The third kappa shape index (κ3) is 3.08. The zero-order valence-corrected chi connectivity index (χ0v) is 20.7. The third-order valence-corrected chi connectivity index (χ3v) is 9.18. The normalized spacial score (nSPS) is 11.9. The van der Waals surface area contributed by atoms with Gasteiger partial charge in [0.15, 0.2) is 0 Å². The van der Waals surface area contributed by atoms with E-state index < -0.39 is 0 Å². The Labute approximate surface area is 215 Å². The lowest BCUT2D eigenvalue weighted by Crippen LogP contribution is -1.81. The van der Waals surface area contributed by atoms with E-state index in [1.54, 1.807) is 0 Å². The molecular weight excluding hydrogens is 477 g/mol. The highest BCUT2D eigenvalue weighted by atomic mass is 32.1. The molecule has 36 heavy (non-hydrogen) atoms. The summed E-state index contributed by atoms with van der Waals surface area (Å²) in [5.41, 5.74) is 2.06. The molecule has 0 unspecified atom stereocenters. The van der Waals surface area contributed by atoms with Crippen LogP contribution in [0.5, 0.6) is 0 Å². The molecule has 8 rings (SSSR count). The van der Waals surface area contributed by atoms with Crippen molar-refractivity contribution in [2.75, 3.05) is 0 Å². The van der Waals surface area contributed by atoms with Crippen LogP contribution in [0.3, 0.4) is 0 Å². The van der Waals surface area contributed by atoms with Crippen LogP contribution >= 0.6 is 22.7 Å². The molecular formula is C32H18N2S2. The minimum atomic E-state index is 1.03. The first-order chi connectivity index (χ1) is 17.8. The number of nitrogens with zero attached hydrogens (tertiary/aromatic N) is 2. The molecule has 0 spiro atoms. The highest BCUT2D eigenvalue weighted by Crippen LogP contribution is 2.40. The van der Waals surface area contributed by atoms with Gasteiger partial charge in [0, 0.05) is 21.8 Å². The van der Waals surface area contributed by atoms with Gasteiger partial charge >= 0.3 is 0 Å². The largest absolute Gasteiger partial charge is 0.255 e. The molecule has 4 heteroatoms. The van der Waals surface area contributed by atoms with E-state index in [4.69, 9.17) is 0 Å². The second-order valence-electron chi connectivity index (χ2n) is 9.10. The molecule has 4 aromatic heterocycles. The van der Waals surface area contributed by atoms with E-state index in [1.807, 2.05) is 59.3 Å². The predicted molar refractivity (Wildman–Crippen MR) is 156 cm³/mol. The molecule has 0 saturated heterocycles. The quantitative estimate of drug-likeness (QED) is 0.224. The Morgan fingerprint density at radius 2 is 0.917 bits per heavy atom. The highest BCUT2D eigenvalue weighted by Gasteiger charge is 2.12. The van der Waals surface area contributed by atoms with Crippen LogP contribution in [-0.2, 0) is 0 Å². The SMILES string of the molecule is c1ccc(-c2cc3cc4ccc5c6cc7sc(-c8ccccn8)cc7cc6ccc5c4cc3s2)nc1. The number of thiophene rings is 2. The van der Waals surface area contributed by atoms with Crippen LogP contribution in [0, 0.1) is 0 Å². The number of benzene rings is 4. The lowest BCUT2D eigenvalue weighted by Gasteiger charge is -2.08. The number of pyridine rings is 2. The van der Waals surface area contributed by atoms with Crippen molar-refractivity contribution in [1.82, 2.24) is 9.97 Å². The molecule has 0 aliphatic heterocycles. The van der Waals surface area contributed by atoms with Gasteiger partial charge in [-0.05, 0) is 104 Å². The van der Waals surface area contributed by atoms with Crippen molar-refractivity contribution < 1.29 is 0 Å². The van der Waals surface area contributed by atoms with E-state index in [0.29, 0.717) is 0 Å². The fraction of sp³-hybridized carbons (Fsp3) is 0. The summed E-state index contributed by atoms with van der Waals surface area (Å²) in [6, 6.07) is 35.2. The molecule has 168 valence electrons. The maximum Gasteiger partial charge on any atom is 0.0802 e. The number of fused-ring (bicyclic) bond motifs is 7. The Bertz CT molecular complexity index is 1940. The van der Waals surface area contributed by atoms with Crippen LogP contribution < -0.4 is 0 Å². The summed E-state index contributed by atoms with van der Waals surface area (Å²) >= 11 is 3.63. The lowest BCUT2D eigenvalue weighted by atomic mass is 9.96. The standard InChI is InChI=1S/C32H18N2S2/c1-3-11-33-27(5-1)31-15-21-13-19-7-9-24-23(25(19)17-29(21)35-31)10-8-20-14-22-16-32(28-6-2-4-12-34-28)36-30(22)18-26(20)24/h1-18H. The Morgan fingerprint density at radius 1 is 0.417 bits per heavy atom. The van der Waals surface area contributed by atoms with Crippen LogP contribution in [0.1, 0.15) is 0 Å². The monoisotopic (exact) mass is 494 g/mol. The van der Waals surface area contributed by atoms with E-state index in [-0.39, 0.29) is 0 Å². The van der Waals surface area contributed by atoms with Crippen LogP contribution in [-0.4, -0.2) is 9.97 Å². The summed E-state index contributed by atoms with van der Waals surface area (Å²) in [6.07, 6.45) is 3.72. The maximum absolute atomic E-state index is 4.55. The van der Waals surface area contributed by atoms with Crippen molar-refractivity contribution in [1.29, 1.82) is 0 Å². The molecule has 0 fully saturated rings. The summed E-state index contributed by atoms with van der Waals surface area (Å²) < 4.78 is 2.59. The van der Waals surface area contributed by atoms with E-state index in [0.717, 1.165) is 11.4 Å². The van der Waals surface area contributed by atoms with Crippen LogP contribution in [0.2, 0.25) is 0 Å². The van der Waals surface area contributed by atoms with Crippen LogP contribution in [0.4, 0.5) is 0 Å². The number of rotatable bonds is 2. The number of hydrogen-bond acceptors (Lipinski definition) is 4. The number of hydrogen-bond donors (Lipinski definition) is 0. The summed E-state index contributed by atoms with van der Waals surface area (Å²) in [6.45, 7) is 0. The van der Waals surface area contributed by atoms with Crippen LogP contribution in [0.25, 0.3) is 73.6 Å². The number of aromatic nitrogens is 2. The van der Waals surface area contributed by atoms with Gasteiger partial charge in [0.05, 0.1) is 21.1 Å². The zero-order chi connectivity index (χ0) is 23.6. The summed E-state index contributed by atoms with van der Waals surface area (Å²) in [4.78, 5) is 11.5. The van der Waals surface area contributed by atoms with Crippen molar-refractivity contribution >= 4 is 75.2 Å². The van der Waals surface area contributed by atoms with Gasteiger partial charge in [-0.25, -0.2) is 0 Å². The van der Waals surface area contributed by atoms with Gasteiger partial charge in [-0.3, -0.25) is 9.97 Å². The minimum absolute atomic E-state index is 1.03. The van der Waals surface area contributed by atoms with Crippen molar-refractivity contribution in [2.45, 2.75) is 0 Å². The Morgan fingerprint density at radius 3 is 1.36 bits per heavy atom. The molecule has 0 N–H and O–H groups in total. The minimum Gasteiger partial charge on any atom is -0.255 e. The van der Waals surface area contributed by atoms with E-state index in [1.165, 1.54) is 62.2 Å². The van der Waals surface area contributed by atoms with Gasteiger partial charge in [0.1, 0.15) is 0 Å². The van der Waals surface area contributed by atoms with Crippen molar-refractivity contribution in [3.05, 3.63) is 109 Å². The molecule has 8 aromatic rings. The molecule has 0 aliphatic rings. The van der Waals surface area contributed by atoms with E-state index in [9.17, 15) is 0 Å². The second-order valence-corrected chi connectivity index (χ2v) is 11.3. The summed E-state index contributed by atoms with van der Waals surface area (Å²) in [7, 11) is 0. The van der Waals surface area contributed by atoms with Gasteiger partial charge < -0.3 is 0 Å². The van der Waals surface area contributed by atoms with Crippen molar-refractivity contribution in [2.24, 2.45) is 0 Å². The molecule has 0 saturated carbocycles. The van der Waals surface area contributed by atoms with Crippen molar-refractivity contribution in [3.8, 4) is 21.1 Å². The average Bonchev–Trinajstić information content (AvgIpc) is 3.55. The molecule has 0 atom stereocenters. The molecule has 2 nitrogen and oxygen atoms in total. The van der Waals surface area contributed by atoms with Gasteiger partial charge in [0.2, 0.25) is 0 Å². The smallest absolute Gasteiger partial charge is 0.0802 e. The highest BCUT2D eigenvalue weighted by molar-refractivity contribution is 7.22. The molecule has 0 amide bonds. The van der Waals surface area contributed by atoms with E-state index in [2.05, 4.69) is 82.8 Å². The molecule has 4 heterocycles. The lowest BCUT2D eigenvalue weighted by molar-refractivity contribution is 1.34. The first kappa shape index (κ1) is 20.1. The molecule has 4 aromatic carbocycles. The summed E-state index contributed by atoms with van der Waals surface area (Å²) in [5.74, 6) is 0. The van der Waals surface area contributed by atoms with Gasteiger partial charge in [-0.15, -0.1) is 22.7 Å². The third-order valence-electron chi connectivity index (χ3n) is 6.94. The zero-order valence-electron chi connectivity index (χ0n) is 19.1.